The molecule has 0 fully saturated rings. The number of carbonyl (C=O) groups is 1. The van der Waals surface area contributed by atoms with Crippen LogP contribution in [0.15, 0.2) is 42.5 Å². The summed E-state index contributed by atoms with van der Waals surface area (Å²) in [6.45, 7) is 6.59. The highest BCUT2D eigenvalue weighted by atomic mass is 32.1. The first kappa shape index (κ1) is 14.5. The van der Waals surface area contributed by atoms with Gasteiger partial charge in [0.1, 0.15) is 0 Å². The van der Waals surface area contributed by atoms with Gasteiger partial charge in [-0.05, 0) is 34.8 Å². The predicted molar refractivity (Wildman–Crippen MR) is 85.1 cm³/mol. The molecule has 1 aromatic carbocycles. The Morgan fingerprint density at radius 2 is 1.75 bits per heavy atom. The van der Waals surface area contributed by atoms with Gasteiger partial charge in [-0.15, -0.1) is 11.3 Å². The third kappa shape index (κ3) is 3.58. The van der Waals surface area contributed by atoms with E-state index in [1.54, 1.807) is 17.4 Å². The molecule has 1 heterocycles. The van der Waals surface area contributed by atoms with Crippen molar-refractivity contribution in [2.45, 2.75) is 26.2 Å². The van der Waals surface area contributed by atoms with Crippen LogP contribution in [0.3, 0.4) is 0 Å². The van der Waals surface area contributed by atoms with Crippen molar-refractivity contribution in [3.8, 4) is 10.4 Å². The van der Waals surface area contributed by atoms with Gasteiger partial charge in [-0.1, -0.05) is 45.0 Å². The van der Waals surface area contributed by atoms with E-state index in [1.165, 1.54) is 5.56 Å². The zero-order valence-corrected chi connectivity index (χ0v) is 12.7. The first-order valence-electron chi connectivity index (χ1n) is 6.48. The SMILES string of the molecule is CC(C)(C)c1ccc(-c2ccc(/C=C/C(=O)O)s2)cc1. The highest BCUT2D eigenvalue weighted by Crippen LogP contribution is 2.31. The summed E-state index contributed by atoms with van der Waals surface area (Å²) in [5, 5.41) is 8.62. The molecule has 2 nitrogen and oxygen atoms in total. The second kappa shape index (κ2) is 5.63. The van der Waals surface area contributed by atoms with E-state index >= 15 is 0 Å². The van der Waals surface area contributed by atoms with Crippen LogP contribution in [0.4, 0.5) is 0 Å². The standard InChI is InChI=1S/C17H18O2S/c1-17(2,3)13-6-4-12(5-7-13)15-10-8-14(20-15)9-11-16(18)19/h4-11H,1-3H3,(H,18,19)/b11-9+. The fourth-order valence-corrected chi connectivity index (χ4v) is 2.80. The second-order valence-electron chi connectivity index (χ2n) is 5.70. The van der Waals surface area contributed by atoms with E-state index in [0.717, 1.165) is 21.4 Å². The minimum atomic E-state index is -0.922. The summed E-state index contributed by atoms with van der Waals surface area (Å²) in [7, 11) is 0. The molecule has 0 unspecified atom stereocenters. The summed E-state index contributed by atoms with van der Waals surface area (Å²) in [5.74, 6) is -0.922. The van der Waals surface area contributed by atoms with E-state index in [2.05, 4.69) is 45.0 Å². The van der Waals surface area contributed by atoms with Crippen molar-refractivity contribution in [1.29, 1.82) is 0 Å². The quantitative estimate of drug-likeness (QED) is 0.822. The van der Waals surface area contributed by atoms with Gasteiger partial charge in [-0.2, -0.15) is 0 Å². The molecule has 2 rings (SSSR count). The smallest absolute Gasteiger partial charge is 0.328 e. The number of aliphatic carboxylic acids is 1. The highest BCUT2D eigenvalue weighted by Gasteiger charge is 2.13. The summed E-state index contributed by atoms with van der Waals surface area (Å²) in [5.41, 5.74) is 2.63. The van der Waals surface area contributed by atoms with Crippen LogP contribution in [0.1, 0.15) is 31.2 Å². The van der Waals surface area contributed by atoms with E-state index in [4.69, 9.17) is 5.11 Å². The van der Waals surface area contributed by atoms with E-state index < -0.39 is 5.97 Å². The maximum atomic E-state index is 10.5. The lowest BCUT2D eigenvalue weighted by atomic mass is 9.86. The van der Waals surface area contributed by atoms with Crippen LogP contribution in [0.5, 0.6) is 0 Å². The van der Waals surface area contributed by atoms with Crippen molar-refractivity contribution in [2.75, 3.05) is 0 Å². The average Bonchev–Trinajstić information content (AvgIpc) is 2.84. The molecule has 0 atom stereocenters. The largest absolute Gasteiger partial charge is 0.478 e. The number of rotatable bonds is 3. The third-order valence-electron chi connectivity index (χ3n) is 3.05. The normalized spacial score (nSPS) is 11.9. The van der Waals surface area contributed by atoms with Crippen molar-refractivity contribution in [2.24, 2.45) is 0 Å². The van der Waals surface area contributed by atoms with Gasteiger partial charge in [-0.25, -0.2) is 4.79 Å². The maximum absolute atomic E-state index is 10.5. The summed E-state index contributed by atoms with van der Waals surface area (Å²) in [6.07, 6.45) is 2.79. The van der Waals surface area contributed by atoms with Gasteiger partial charge in [-0.3, -0.25) is 0 Å². The molecule has 1 aromatic heterocycles. The topological polar surface area (TPSA) is 37.3 Å². The first-order chi connectivity index (χ1) is 9.36. The minimum Gasteiger partial charge on any atom is -0.478 e. The lowest BCUT2D eigenvalue weighted by molar-refractivity contribution is -0.131. The molecule has 0 aliphatic rings. The lowest BCUT2D eigenvalue weighted by Crippen LogP contribution is -2.10. The molecule has 0 amide bonds. The Bertz CT molecular complexity index is 628. The van der Waals surface area contributed by atoms with E-state index in [-0.39, 0.29) is 5.41 Å². The van der Waals surface area contributed by atoms with Gasteiger partial charge < -0.3 is 5.11 Å². The highest BCUT2D eigenvalue weighted by molar-refractivity contribution is 7.16. The fourth-order valence-electron chi connectivity index (χ4n) is 1.89. The molecule has 104 valence electrons. The molecule has 3 heteroatoms. The Labute approximate surface area is 123 Å². The molecule has 0 saturated carbocycles. The zero-order chi connectivity index (χ0) is 14.8. The average molecular weight is 286 g/mol. The van der Waals surface area contributed by atoms with Gasteiger partial charge in [0.2, 0.25) is 0 Å². The summed E-state index contributed by atoms with van der Waals surface area (Å²) in [4.78, 5) is 12.6. The molecule has 0 radical (unpaired) electrons. The van der Waals surface area contributed by atoms with Gasteiger partial charge in [0.15, 0.2) is 0 Å². The molecule has 2 aromatic rings. The Hall–Kier alpha value is -1.87. The molecule has 1 N–H and O–H groups in total. The predicted octanol–water partition coefficient (Wildman–Crippen LogP) is 4.81. The third-order valence-corrected chi connectivity index (χ3v) is 4.15. The Morgan fingerprint density at radius 1 is 1.10 bits per heavy atom. The molecule has 0 spiro atoms. The van der Waals surface area contributed by atoms with Crippen molar-refractivity contribution in [3.05, 3.63) is 52.9 Å². The number of thiophene rings is 1. The maximum Gasteiger partial charge on any atom is 0.328 e. The van der Waals surface area contributed by atoms with Crippen LogP contribution in [-0.2, 0) is 10.2 Å². The molecule has 0 aliphatic carbocycles. The first-order valence-corrected chi connectivity index (χ1v) is 7.30. The van der Waals surface area contributed by atoms with Gasteiger partial charge in [0.05, 0.1) is 0 Å². The lowest BCUT2D eigenvalue weighted by Gasteiger charge is -2.18. The number of carboxylic acids is 1. The zero-order valence-electron chi connectivity index (χ0n) is 11.9. The van der Waals surface area contributed by atoms with Gasteiger partial charge in [0.25, 0.3) is 0 Å². The van der Waals surface area contributed by atoms with E-state index in [1.807, 2.05) is 12.1 Å². The Kier molecular flexibility index (Phi) is 4.09. The Balaban J connectivity index is 2.22. The monoisotopic (exact) mass is 286 g/mol. The van der Waals surface area contributed by atoms with Crippen molar-refractivity contribution < 1.29 is 9.90 Å². The number of carboxylic acid groups (broad SMARTS) is 1. The Morgan fingerprint density at radius 3 is 2.30 bits per heavy atom. The molecule has 0 aliphatic heterocycles. The van der Waals surface area contributed by atoms with Crippen LogP contribution < -0.4 is 0 Å². The van der Waals surface area contributed by atoms with Crippen molar-refractivity contribution >= 4 is 23.4 Å². The van der Waals surface area contributed by atoms with Crippen LogP contribution in [-0.4, -0.2) is 11.1 Å². The van der Waals surface area contributed by atoms with E-state index in [0.29, 0.717) is 0 Å². The summed E-state index contributed by atoms with van der Waals surface area (Å²) >= 11 is 1.59. The molecule has 20 heavy (non-hydrogen) atoms. The number of hydrogen-bond donors (Lipinski definition) is 1. The summed E-state index contributed by atoms with van der Waals surface area (Å²) < 4.78 is 0. The van der Waals surface area contributed by atoms with Crippen LogP contribution in [0.2, 0.25) is 0 Å². The molecular weight excluding hydrogens is 268 g/mol. The number of benzene rings is 1. The molecule has 0 saturated heterocycles. The molecule has 0 bridgehead atoms. The van der Waals surface area contributed by atoms with Crippen molar-refractivity contribution in [1.82, 2.24) is 0 Å². The van der Waals surface area contributed by atoms with E-state index in [9.17, 15) is 4.79 Å². The van der Waals surface area contributed by atoms with Gasteiger partial charge >= 0.3 is 5.97 Å². The fraction of sp³-hybridized carbons (Fsp3) is 0.235. The second-order valence-corrected chi connectivity index (χ2v) is 6.82. The van der Waals surface area contributed by atoms with Crippen molar-refractivity contribution in [3.63, 3.8) is 0 Å². The number of hydrogen-bond acceptors (Lipinski definition) is 2. The minimum absolute atomic E-state index is 0.156. The van der Waals surface area contributed by atoms with Crippen LogP contribution in [0.25, 0.3) is 16.5 Å². The van der Waals surface area contributed by atoms with Gasteiger partial charge in [0, 0.05) is 15.8 Å². The summed E-state index contributed by atoms with van der Waals surface area (Å²) in [6, 6.07) is 12.5. The van der Waals surface area contributed by atoms with Crippen LogP contribution in [0, 0.1) is 0 Å². The van der Waals surface area contributed by atoms with Crippen LogP contribution >= 0.6 is 11.3 Å². The molecular formula is C17H18O2S.